The van der Waals surface area contributed by atoms with Crippen LogP contribution in [-0.4, -0.2) is 60.3 Å². The Kier molecular flexibility index (Phi) is 7.63. The molecule has 34 heavy (non-hydrogen) atoms. The van der Waals surface area contributed by atoms with Gasteiger partial charge < -0.3 is 9.47 Å². The number of rotatable bonds is 7. The fraction of sp³-hybridized carbons (Fsp3) is 0.444. The van der Waals surface area contributed by atoms with E-state index in [1.165, 1.54) is 0 Å². The molecule has 2 aromatic carbocycles. The Labute approximate surface area is 201 Å². The van der Waals surface area contributed by atoms with Crippen LogP contribution in [-0.2, 0) is 14.3 Å². The maximum Gasteiger partial charge on any atom is 0.323 e. The molecule has 2 aliphatic rings. The van der Waals surface area contributed by atoms with E-state index in [9.17, 15) is 9.59 Å². The first-order chi connectivity index (χ1) is 16.5. The van der Waals surface area contributed by atoms with Crippen molar-refractivity contribution in [1.82, 2.24) is 9.91 Å². The topological polar surface area (TPSA) is 71.4 Å². The number of carbonyl (C=O) groups excluding carboxylic acids is 2. The number of ether oxygens (including phenoxy) is 2. The lowest BCUT2D eigenvalue weighted by Gasteiger charge is -2.34. The van der Waals surface area contributed by atoms with Gasteiger partial charge in [0.25, 0.3) is 5.91 Å². The van der Waals surface area contributed by atoms with Crippen LogP contribution < -0.4 is 4.74 Å². The van der Waals surface area contributed by atoms with E-state index in [0.29, 0.717) is 26.0 Å². The van der Waals surface area contributed by atoms with E-state index in [0.717, 1.165) is 41.0 Å². The first-order valence-electron chi connectivity index (χ1n) is 12.0. The summed E-state index contributed by atoms with van der Waals surface area (Å²) in [4.78, 5) is 28.1. The molecular formula is C27H33N3O4. The first-order valence-corrected chi connectivity index (χ1v) is 12.0. The number of nitrogens with zero attached hydrogens (tertiary/aromatic N) is 3. The van der Waals surface area contributed by atoms with E-state index in [1.807, 2.05) is 48.2 Å². The van der Waals surface area contributed by atoms with Crippen molar-refractivity contribution < 1.29 is 19.1 Å². The number of hydrogen-bond acceptors (Lipinski definition) is 6. The number of esters is 1. The van der Waals surface area contributed by atoms with Gasteiger partial charge >= 0.3 is 5.97 Å². The number of hydrogen-bond donors (Lipinski definition) is 0. The lowest BCUT2D eigenvalue weighted by molar-refractivity contribution is -0.152. The van der Waals surface area contributed by atoms with Crippen LogP contribution in [0, 0.1) is 6.92 Å². The molecule has 2 aliphatic heterocycles. The third-order valence-electron chi connectivity index (χ3n) is 6.65. The average Bonchev–Trinajstić information content (AvgIpc) is 3.30. The van der Waals surface area contributed by atoms with Gasteiger partial charge in [-0.05, 0) is 74.2 Å². The van der Waals surface area contributed by atoms with Gasteiger partial charge in [-0.15, -0.1) is 0 Å². The summed E-state index contributed by atoms with van der Waals surface area (Å²) in [6, 6.07) is 15.3. The van der Waals surface area contributed by atoms with Gasteiger partial charge in [0.1, 0.15) is 11.8 Å². The smallest absolute Gasteiger partial charge is 0.323 e. The number of hydrazone groups is 1. The normalized spacial score (nSPS) is 20.7. The molecule has 0 aliphatic carbocycles. The molecule has 1 fully saturated rings. The van der Waals surface area contributed by atoms with Crippen molar-refractivity contribution in [3.63, 3.8) is 0 Å². The number of piperidine rings is 1. The fourth-order valence-electron chi connectivity index (χ4n) is 4.83. The van der Waals surface area contributed by atoms with Gasteiger partial charge in [-0.3, -0.25) is 14.5 Å². The Morgan fingerprint density at radius 2 is 1.85 bits per heavy atom. The van der Waals surface area contributed by atoms with Gasteiger partial charge in [0, 0.05) is 6.42 Å². The second-order valence-corrected chi connectivity index (χ2v) is 8.82. The van der Waals surface area contributed by atoms with Crippen LogP contribution >= 0.6 is 0 Å². The summed E-state index contributed by atoms with van der Waals surface area (Å²) >= 11 is 0. The molecule has 4 rings (SSSR count). The third kappa shape index (κ3) is 5.14. The highest BCUT2D eigenvalue weighted by Gasteiger charge is 2.37. The molecule has 2 unspecified atom stereocenters. The Balaban J connectivity index is 1.60. The van der Waals surface area contributed by atoms with Crippen molar-refractivity contribution in [3.8, 4) is 5.75 Å². The predicted molar refractivity (Wildman–Crippen MR) is 131 cm³/mol. The summed E-state index contributed by atoms with van der Waals surface area (Å²) in [5.74, 6) is 0.433. The summed E-state index contributed by atoms with van der Waals surface area (Å²) < 4.78 is 10.6. The lowest BCUT2D eigenvalue weighted by Crippen LogP contribution is -2.49. The Hall–Kier alpha value is -3.19. The minimum absolute atomic E-state index is 0.104. The summed E-state index contributed by atoms with van der Waals surface area (Å²) in [6.45, 7) is 5.06. The van der Waals surface area contributed by atoms with Crippen LogP contribution in [0.4, 0.5) is 0 Å². The summed E-state index contributed by atoms with van der Waals surface area (Å²) in [6.07, 6.45) is 3.27. The zero-order valence-corrected chi connectivity index (χ0v) is 20.2. The molecule has 7 nitrogen and oxygen atoms in total. The van der Waals surface area contributed by atoms with Crippen molar-refractivity contribution in [2.24, 2.45) is 5.10 Å². The van der Waals surface area contributed by atoms with Crippen LogP contribution in [0.3, 0.4) is 0 Å². The largest absolute Gasteiger partial charge is 0.497 e. The van der Waals surface area contributed by atoms with Crippen molar-refractivity contribution >= 4 is 17.6 Å². The zero-order chi connectivity index (χ0) is 24.1. The van der Waals surface area contributed by atoms with E-state index in [2.05, 4.69) is 19.1 Å². The highest BCUT2D eigenvalue weighted by molar-refractivity contribution is 6.03. The van der Waals surface area contributed by atoms with E-state index < -0.39 is 0 Å². The molecule has 180 valence electrons. The van der Waals surface area contributed by atoms with E-state index >= 15 is 0 Å². The SMILES string of the molecule is CCOC(=O)C1CCCCN1CC(=O)N1N=C(c2ccc(OC)cc2)CC1c1ccccc1C. The molecule has 2 aromatic rings. The molecule has 0 aromatic heterocycles. The van der Waals surface area contributed by atoms with Crippen LogP contribution in [0.1, 0.15) is 55.3 Å². The van der Waals surface area contributed by atoms with Gasteiger partial charge in [-0.25, -0.2) is 5.01 Å². The average molecular weight is 464 g/mol. The standard InChI is InChI=1S/C27H33N3O4/c1-4-34-27(32)24-11-7-8-16-29(24)18-26(31)30-25(22-10-6-5-9-19(22)2)17-23(28-30)20-12-14-21(33-3)15-13-20/h5-6,9-10,12-15,24-25H,4,7-8,11,16-18H2,1-3H3. The number of benzene rings is 2. The molecule has 0 bridgehead atoms. The zero-order valence-electron chi connectivity index (χ0n) is 20.2. The van der Waals surface area contributed by atoms with Gasteiger partial charge in [-0.2, -0.15) is 5.10 Å². The molecule has 2 atom stereocenters. The van der Waals surface area contributed by atoms with Gasteiger partial charge in [-0.1, -0.05) is 30.7 Å². The Morgan fingerprint density at radius 3 is 2.56 bits per heavy atom. The van der Waals surface area contributed by atoms with Crippen LogP contribution in [0.2, 0.25) is 0 Å². The molecule has 0 radical (unpaired) electrons. The maximum absolute atomic E-state index is 13.6. The Morgan fingerprint density at radius 1 is 1.09 bits per heavy atom. The second kappa shape index (κ2) is 10.8. The highest BCUT2D eigenvalue weighted by Crippen LogP contribution is 2.35. The van der Waals surface area contributed by atoms with Gasteiger partial charge in [0.2, 0.25) is 0 Å². The molecule has 0 N–H and O–H groups in total. The molecule has 1 saturated heterocycles. The molecule has 1 amide bonds. The van der Waals surface area contributed by atoms with Crippen LogP contribution in [0.25, 0.3) is 0 Å². The van der Waals surface area contributed by atoms with Gasteiger partial charge in [0.05, 0.1) is 32.0 Å². The Bertz CT molecular complexity index is 1050. The first kappa shape index (κ1) is 24.0. The molecule has 0 spiro atoms. The molecule has 2 heterocycles. The molecular weight excluding hydrogens is 430 g/mol. The molecule has 7 heteroatoms. The van der Waals surface area contributed by atoms with Crippen molar-refractivity contribution in [1.29, 1.82) is 0 Å². The summed E-state index contributed by atoms with van der Waals surface area (Å²) in [5, 5.41) is 6.42. The summed E-state index contributed by atoms with van der Waals surface area (Å²) in [7, 11) is 1.64. The van der Waals surface area contributed by atoms with Gasteiger partial charge in [0.15, 0.2) is 0 Å². The number of likely N-dealkylation sites (tertiary alicyclic amines) is 1. The van der Waals surface area contributed by atoms with E-state index in [1.54, 1.807) is 12.1 Å². The number of amides is 1. The highest BCUT2D eigenvalue weighted by atomic mass is 16.5. The number of methoxy groups -OCH3 is 1. The molecule has 0 saturated carbocycles. The van der Waals surface area contributed by atoms with Crippen LogP contribution in [0.15, 0.2) is 53.6 Å². The fourth-order valence-corrected chi connectivity index (χ4v) is 4.83. The van der Waals surface area contributed by atoms with Crippen molar-refractivity contribution in [2.45, 2.75) is 51.6 Å². The summed E-state index contributed by atoms with van der Waals surface area (Å²) in [5.41, 5.74) is 4.05. The van der Waals surface area contributed by atoms with E-state index in [4.69, 9.17) is 14.6 Å². The third-order valence-corrected chi connectivity index (χ3v) is 6.65. The second-order valence-electron chi connectivity index (χ2n) is 8.82. The quantitative estimate of drug-likeness (QED) is 0.578. The minimum atomic E-state index is -0.373. The van der Waals surface area contributed by atoms with Crippen LogP contribution in [0.5, 0.6) is 5.75 Å². The monoisotopic (exact) mass is 463 g/mol. The minimum Gasteiger partial charge on any atom is -0.497 e. The maximum atomic E-state index is 13.6. The van der Waals surface area contributed by atoms with Crippen molar-refractivity contribution in [2.75, 3.05) is 26.8 Å². The lowest BCUT2D eigenvalue weighted by atomic mass is 9.95. The number of aryl methyl sites for hydroxylation is 1. The van der Waals surface area contributed by atoms with E-state index in [-0.39, 0.29) is 30.5 Å². The van der Waals surface area contributed by atoms with Crippen molar-refractivity contribution in [3.05, 3.63) is 65.2 Å². The predicted octanol–water partition coefficient (Wildman–Crippen LogP) is 4.10. The number of carbonyl (C=O) groups is 2.